The highest BCUT2D eigenvalue weighted by Gasteiger charge is 2.34. The molecule has 102 valence electrons. The van der Waals surface area contributed by atoms with Crippen molar-refractivity contribution in [3.8, 4) is 11.4 Å². The summed E-state index contributed by atoms with van der Waals surface area (Å²) in [5.74, 6) is 0.672. The Morgan fingerprint density at radius 2 is 2.24 bits per heavy atom. The number of hydrogen-bond donors (Lipinski definition) is 0. The van der Waals surface area contributed by atoms with E-state index in [1.54, 1.807) is 18.6 Å². The van der Waals surface area contributed by atoms with Gasteiger partial charge in [-0.25, -0.2) is 9.55 Å². The lowest BCUT2D eigenvalue weighted by Gasteiger charge is -1.97. The van der Waals surface area contributed by atoms with Gasteiger partial charge in [0, 0.05) is 24.2 Å². The van der Waals surface area contributed by atoms with Crippen LogP contribution in [-0.4, -0.2) is 19.1 Å². The SMILES string of the molecule is [2H]C([2H])([2H])n1c2[n+](c3c1c1ncccc1n3C)Cc1ccncc1-2. The average molecular weight is 279 g/mol. The van der Waals surface area contributed by atoms with Gasteiger partial charge in [0.05, 0.1) is 30.2 Å². The molecule has 4 aromatic heterocycles. The van der Waals surface area contributed by atoms with Crippen molar-refractivity contribution in [3.63, 3.8) is 0 Å². The lowest BCUT2D eigenvalue weighted by atomic mass is 10.2. The van der Waals surface area contributed by atoms with E-state index < -0.39 is 6.98 Å². The largest absolute Gasteiger partial charge is 0.271 e. The lowest BCUT2D eigenvalue weighted by molar-refractivity contribution is -0.648. The number of pyridine rings is 2. The first-order chi connectivity index (χ1) is 11.5. The summed E-state index contributed by atoms with van der Waals surface area (Å²) in [6, 6.07) is 5.77. The van der Waals surface area contributed by atoms with E-state index in [9.17, 15) is 0 Å². The maximum absolute atomic E-state index is 8.09. The summed E-state index contributed by atoms with van der Waals surface area (Å²) >= 11 is 0. The monoisotopic (exact) mass is 279 g/mol. The highest BCUT2D eigenvalue weighted by molar-refractivity contribution is 6.02. The van der Waals surface area contributed by atoms with Gasteiger partial charge in [0.2, 0.25) is 11.3 Å². The maximum atomic E-state index is 8.09. The van der Waals surface area contributed by atoms with Gasteiger partial charge < -0.3 is 0 Å². The van der Waals surface area contributed by atoms with Gasteiger partial charge in [-0.3, -0.25) is 14.1 Å². The maximum Gasteiger partial charge on any atom is 0.271 e. The smallest absolute Gasteiger partial charge is 0.264 e. The molecule has 1 aliphatic heterocycles. The molecule has 21 heavy (non-hydrogen) atoms. The molecule has 0 N–H and O–H groups in total. The molecule has 0 saturated carbocycles. The zero-order valence-electron chi connectivity index (χ0n) is 14.4. The number of rotatable bonds is 0. The fraction of sp³-hybridized carbons (Fsp3) is 0.188. The summed E-state index contributed by atoms with van der Waals surface area (Å²) < 4.78 is 29.8. The summed E-state index contributed by atoms with van der Waals surface area (Å²) in [4.78, 5) is 8.64. The average Bonchev–Trinajstić information content (AvgIpc) is 3.15. The molecule has 5 heteroatoms. The van der Waals surface area contributed by atoms with Crippen LogP contribution < -0.4 is 4.57 Å². The summed E-state index contributed by atoms with van der Waals surface area (Å²) in [6.45, 7) is -1.67. The molecule has 5 heterocycles. The van der Waals surface area contributed by atoms with E-state index in [4.69, 9.17) is 4.11 Å². The first-order valence-electron chi connectivity index (χ1n) is 8.30. The Morgan fingerprint density at radius 3 is 3.14 bits per heavy atom. The molecule has 0 aliphatic carbocycles. The fourth-order valence-electron chi connectivity index (χ4n) is 3.42. The van der Waals surface area contributed by atoms with Crippen LogP contribution >= 0.6 is 0 Å². The molecule has 0 amide bonds. The van der Waals surface area contributed by atoms with E-state index in [1.165, 1.54) is 4.57 Å². The summed E-state index contributed by atoms with van der Waals surface area (Å²) in [5, 5.41) is 0. The van der Waals surface area contributed by atoms with Crippen LogP contribution in [0, 0.1) is 0 Å². The summed E-state index contributed by atoms with van der Waals surface area (Å²) in [6.07, 6.45) is 5.18. The molecule has 0 saturated heterocycles. The lowest BCUT2D eigenvalue weighted by Crippen LogP contribution is -2.33. The zero-order valence-corrected chi connectivity index (χ0v) is 11.4. The van der Waals surface area contributed by atoms with Crippen molar-refractivity contribution in [1.29, 1.82) is 0 Å². The van der Waals surface area contributed by atoms with Crippen LogP contribution in [-0.2, 0) is 20.6 Å². The molecular weight excluding hydrogens is 262 g/mol. The first kappa shape index (κ1) is 8.56. The van der Waals surface area contributed by atoms with Crippen LogP contribution in [0.25, 0.3) is 33.6 Å². The zero-order chi connectivity index (χ0) is 16.6. The van der Waals surface area contributed by atoms with Gasteiger partial charge >= 0.3 is 0 Å². The van der Waals surface area contributed by atoms with Crippen molar-refractivity contribution in [3.05, 3.63) is 42.4 Å². The van der Waals surface area contributed by atoms with Crippen LogP contribution in [0.15, 0.2) is 36.8 Å². The number of nitrogens with zero attached hydrogens (tertiary/aromatic N) is 5. The third-order valence-electron chi connectivity index (χ3n) is 4.33. The molecule has 0 aromatic carbocycles. The van der Waals surface area contributed by atoms with E-state index in [1.807, 2.05) is 29.8 Å². The second kappa shape index (κ2) is 3.49. The highest BCUT2D eigenvalue weighted by Crippen LogP contribution is 2.33. The quantitative estimate of drug-likeness (QED) is 0.405. The van der Waals surface area contributed by atoms with Crippen LogP contribution in [0.3, 0.4) is 0 Å². The van der Waals surface area contributed by atoms with Crippen molar-refractivity contribution in [2.24, 2.45) is 14.0 Å². The van der Waals surface area contributed by atoms with Gasteiger partial charge in [-0.2, -0.15) is 0 Å². The van der Waals surface area contributed by atoms with Gasteiger partial charge in [0.1, 0.15) is 11.0 Å². The molecule has 0 radical (unpaired) electrons. The van der Waals surface area contributed by atoms with Crippen LogP contribution in [0.2, 0.25) is 0 Å². The van der Waals surface area contributed by atoms with E-state index in [-0.39, 0.29) is 0 Å². The van der Waals surface area contributed by atoms with Crippen LogP contribution in [0.1, 0.15) is 9.68 Å². The molecule has 0 spiro atoms. The predicted molar refractivity (Wildman–Crippen MR) is 79.7 cm³/mol. The van der Waals surface area contributed by atoms with Gasteiger partial charge in [-0.05, 0) is 18.2 Å². The number of imidazole rings is 1. The minimum atomic E-state index is -2.30. The van der Waals surface area contributed by atoms with Crippen molar-refractivity contribution < 1.29 is 8.68 Å². The van der Waals surface area contributed by atoms with E-state index in [2.05, 4.69) is 14.5 Å². The Hall–Kier alpha value is -2.69. The van der Waals surface area contributed by atoms with Crippen molar-refractivity contribution in [2.75, 3.05) is 0 Å². The number of aryl methyl sites for hydroxylation is 2. The third-order valence-corrected chi connectivity index (χ3v) is 4.33. The summed E-state index contributed by atoms with van der Waals surface area (Å²) in [5.41, 5.74) is 5.10. The Morgan fingerprint density at radius 1 is 1.29 bits per heavy atom. The normalized spacial score (nSPS) is 15.8. The standard InChI is InChI=1S/C16H14N5/c1-19-12-4-3-6-18-13(12)14-16(19)21-9-10-5-7-17-8-11(10)15(21)20(14)2/h3-8H,9H2,1-2H3/q+1/i2D3. The van der Waals surface area contributed by atoms with Gasteiger partial charge in [0.15, 0.2) is 0 Å². The molecule has 5 nitrogen and oxygen atoms in total. The van der Waals surface area contributed by atoms with E-state index in [0.717, 1.165) is 22.3 Å². The molecule has 0 fully saturated rings. The van der Waals surface area contributed by atoms with Crippen LogP contribution in [0.4, 0.5) is 0 Å². The molecule has 0 unspecified atom stereocenters. The minimum Gasteiger partial charge on any atom is -0.264 e. The summed E-state index contributed by atoms with van der Waals surface area (Å²) in [7, 11) is 1.95. The van der Waals surface area contributed by atoms with Crippen molar-refractivity contribution >= 4 is 22.2 Å². The Labute approximate surface area is 125 Å². The predicted octanol–water partition coefficient (Wildman–Crippen LogP) is 1.78. The van der Waals surface area contributed by atoms with E-state index in [0.29, 0.717) is 23.4 Å². The Balaban J connectivity index is 2.05. The fourth-order valence-corrected chi connectivity index (χ4v) is 3.42. The Kier molecular flexibility index (Phi) is 1.42. The molecule has 1 aliphatic rings. The third kappa shape index (κ3) is 1.15. The number of aromatic nitrogens is 5. The number of hydrogen-bond acceptors (Lipinski definition) is 2. The minimum absolute atomic E-state index is 0.636. The van der Waals surface area contributed by atoms with Crippen LogP contribution in [0.5, 0.6) is 0 Å². The molecule has 4 aromatic rings. The highest BCUT2D eigenvalue weighted by atomic mass is 15.2. The number of fused-ring (bicyclic) bond motifs is 7. The molecule has 5 rings (SSSR count). The first-order valence-corrected chi connectivity index (χ1v) is 6.80. The van der Waals surface area contributed by atoms with Gasteiger partial charge in [-0.15, -0.1) is 0 Å². The molecule has 0 bridgehead atoms. The molecule has 0 atom stereocenters. The van der Waals surface area contributed by atoms with E-state index >= 15 is 0 Å². The van der Waals surface area contributed by atoms with Crippen molar-refractivity contribution in [2.45, 2.75) is 6.54 Å². The second-order valence-electron chi connectivity index (χ2n) is 5.38. The van der Waals surface area contributed by atoms with Crippen molar-refractivity contribution in [1.82, 2.24) is 19.1 Å². The second-order valence-corrected chi connectivity index (χ2v) is 5.38. The Bertz CT molecular complexity index is 1140. The topological polar surface area (TPSA) is 39.5 Å². The molecular formula is C16H14N5+. The van der Waals surface area contributed by atoms with Gasteiger partial charge in [-0.1, -0.05) is 0 Å². The van der Waals surface area contributed by atoms with Gasteiger partial charge in [0.25, 0.3) is 5.65 Å².